The van der Waals surface area contributed by atoms with Crippen molar-refractivity contribution in [2.75, 3.05) is 20.0 Å². The third kappa shape index (κ3) is 3.76. The van der Waals surface area contributed by atoms with Gasteiger partial charge in [0.25, 0.3) is 0 Å². The van der Waals surface area contributed by atoms with Crippen molar-refractivity contribution in [3.05, 3.63) is 35.4 Å². The van der Waals surface area contributed by atoms with Crippen LogP contribution in [0.2, 0.25) is 0 Å². The van der Waals surface area contributed by atoms with Crippen LogP contribution in [0.4, 0.5) is 4.79 Å². The van der Waals surface area contributed by atoms with Crippen LogP contribution in [-0.4, -0.2) is 32.1 Å². The number of hydrogen-bond donors (Lipinski definition) is 1. The fourth-order valence-corrected chi connectivity index (χ4v) is 6.30. The van der Waals surface area contributed by atoms with Crippen molar-refractivity contribution >= 4 is 6.09 Å². The number of fused-ring (bicyclic) bond motifs is 3. The molecule has 5 atom stereocenters. The molecule has 174 valence electrons. The highest BCUT2D eigenvalue weighted by Crippen LogP contribution is 2.56. The second kappa shape index (κ2) is 8.62. The van der Waals surface area contributed by atoms with Crippen molar-refractivity contribution < 1.29 is 23.7 Å². The van der Waals surface area contributed by atoms with E-state index in [1.807, 2.05) is 12.1 Å². The molecule has 1 N–H and O–H groups in total. The van der Waals surface area contributed by atoms with E-state index in [4.69, 9.17) is 18.9 Å². The molecule has 2 aliphatic heterocycles. The smallest absolute Gasteiger partial charge is 0.407 e. The van der Waals surface area contributed by atoms with E-state index in [-0.39, 0.29) is 42.3 Å². The molecule has 1 aromatic rings. The van der Waals surface area contributed by atoms with E-state index < -0.39 is 0 Å². The second-order valence-corrected chi connectivity index (χ2v) is 10.1. The van der Waals surface area contributed by atoms with Gasteiger partial charge in [-0.25, -0.2) is 4.79 Å². The van der Waals surface area contributed by atoms with E-state index in [1.54, 1.807) is 0 Å². The van der Waals surface area contributed by atoms with Gasteiger partial charge in [-0.15, -0.1) is 0 Å². The summed E-state index contributed by atoms with van der Waals surface area (Å²) in [6.45, 7) is 7.93. The first-order chi connectivity index (χ1) is 15.5. The van der Waals surface area contributed by atoms with Crippen LogP contribution in [-0.2, 0) is 9.47 Å². The predicted molar refractivity (Wildman–Crippen MR) is 121 cm³/mol. The van der Waals surface area contributed by atoms with Crippen LogP contribution in [0, 0.1) is 23.2 Å². The van der Waals surface area contributed by atoms with Gasteiger partial charge in [-0.1, -0.05) is 50.8 Å². The van der Waals surface area contributed by atoms with Crippen LogP contribution in [0.15, 0.2) is 29.8 Å². The van der Waals surface area contributed by atoms with Gasteiger partial charge in [-0.05, 0) is 49.3 Å². The molecule has 6 heteroatoms. The zero-order chi connectivity index (χ0) is 22.3. The van der Waals surface area contributed by atoms with Crippen molar-refractivity contribution in [3.63, 3.8) is 0 Å². The Bertz CT molecular complexity index is 892. The Morgan fingerprint density at radius 2 is 1.94 bits per heavy atom. The van der Waals surface area contributed by atoms with E-state index >= 15 is 0 Å². The molecule has 1 saturated carbocycles. The number of carbonyl (C=O) groups excluding carboxylic acids is 1. The molecule has 2 bridgehead atoms. The van der Waals surface area contributed by atoms with E-state index in [1.165, 1.54) is 24.8 Å². The largest absolute Gasteiger partial charge is 0.454 e. The maximum atomic E-state index is 12.6. The van der Waals surface area contributed by atoms with Gasteiger partial charge in [-0.2, -0.15) is 0 Å². The maximum absolute atomic E-state index is 12.6. The Balaban J connectivity index is 1.32. The first-order valence-electron chi connectivity index (χ1n) is 12.1. The number of rotatable bonds is 4. The average Bonchev–Trinajstić information content (AvgIpc) is 3.25. The van der Waals surface area contributed by atoms with Crippen molar-refractivity contribution in [3.8, 4) is 11.5 Å². The predicted octanol–water partition coefficient (Wildman–Crippen LogP) is 5.38. The van der Waals surface area contributed by atoms with Gasteiger partial charge in [0.1, 0.15) is 6.61 Å². The van der Waals surface area contributed by atoms with Crippen LogP contribution in [0.25, 0.3) is 0 Å². The van der Waals surface area contributed by atoms with Gasteiger partial charge in [0.05, 0.1) is 12.7 Å². The highest BCUT2D eigenvalue weighted by molar-refractivity contribution is 5.67. The van der Waals surface area contributed by atoms with Crippen molar-refractivity contribution in [1.29, 1.82) is 0 Å². The van der Waals surface area contributed by atoms with E-state index in [0.29, 0.717) is 19.1 Å². The fourth-order valence-electron chi connectivity index (χ4n) is 6.30. The summed E-state index contributed by atoms with van der Waals surface area (Å²) in [7, 11) is 0. The first-order valence-corrected chi connectivity index (χ1v) is 12.1. The van der Waals surface area contributed by atoms with Crippen molar-refractivity contribution in [2.45, 2.75) is 65.0 Å². The summed E-state index contributed by atoms with van der Waals surface area (Å²) in [4.78, 5) is 12.6. The number of benzene rings is 1. The fraction of sp³-hybridized carbons (Fsp3) is 0.654. The standard InChI is InChI=1S/C26H35NO5/c1-16-11-17(2)26(14-30-25(28)27-20-7-5-4-6-8-20)13-29-24(23(16)18(26)3)19-9-10-21-22(12-19)32-15-31-21/h9-12,17-18,20,23-24H,4-8,13-15H2,1-3H3,(H,27,28)/t17-,18-,23-,24+,26-/m1/s1. The average molecular weight is 442 g/mol. The highest BCUT2D eigenvalue weighted by atomic mass is 16.7. The lowest BCUT2D eigenvalue weighted by molar-refractivity contribution is -0.165. The summed E-state index contributed by atoms with van der Waals surface area (Å²) in [5.41, 5.74) is 2.23. The second-order valence-electron chi connectivity index (χ2n) is 10.1. The molecular weight excluding hydrogens is 406 g/mol. The Labute approximate surface area is 190 Å². The number of allylic oxidation sites excluding steroid dienone is 1. The van der Waals surface area contributed by atoms with Gasteiger partial charge in [0, 0.05) is 17.4 Å². The third-order valence-corrected chi connectivity index (χ3v) is 8.37. The van der Waals surface area contributed by atoms with Crippen LogP contribution in [0.3, 0.4) is 0 Å². The SMILES string of the molecule is CC1=C[C@@H](C)[C@]2(COC(=O)NC3CCCCC3)CO[C@@H](c3ccc4c(c3)OCO4)[C@H]1[C@H]2C. The minimum absolute atomic E-state index is 0.0487. The summed E-state index contributed by atoms with van der Waals surface area (Å²) < 4.78 is 23.5. The molecule has 1 saturated heterocycles. The van der Waals surface area contributed by atoms with Crippen LogP contribution < -0.4 is 14.8 Å². The van der Waals surface area contributed by atoms with Crippen molar-refractivity contribution in [1.82, 2.24) is 5.32 Å². The minimum Gasteiger partial charge on any atom is -0.454 e. The Morgan fingerprint density at radius 1 is 1.16 bits per heavy atom. The topological polar surface area (TPSA) is 66.0 Å². The minimum atomic E-state index is -0.286. The molecule has 1 amide bonds. The third-order valence-electron chi connectivity index (χ3n) is 8.37. The molecule has 32 heavy (non-hydrogen) atoms. The van der Waals surface area contributed by atoms with Gasteiger partial charge in [0.15, 0.2) is 11.5 Å². The normalized spacial score (nSPS) is 34.0. The molecular formula is C26H35NO5. The lowest BCUT2D eigenvalue weighted by Gasteiger charge is -2.55. The van der Waals surface area contributed by atoms with Gasteiger partial charge < -0.3 is 24.3 Å². The Hall–Kier alpha value is -2.21. The Morgan fingerprint density at radius 3 is 2.75 bits per heavy atom. The number of nitrogens with one attached hydrogen (secondary N) is 1. The lowest BCUT2D eigenvalue weighted by Crippen LogP contribution is -2.55. The molecule has 5 rings (SSSR count). The number of ether oxygens (including phenoxy) is 4. The van der Waals surface area contributed by atoms with Crippen LogP contribution in [0.5, 0.6) is 11.5 Å². The molecule has 4 aliphatic rings. The lowest BCUT2D eigenvalue weighted by atomic mass is 9.56. The van der Waals surface area contributed by atoms with E-state index in [2.05, 4.69) is 38.2 Å². The maximum Gasteiger partial charge on any atom is 0.407 e. The molecule has 0 radical (unpaired) electrons. The van der Waals surface area contributed by atoms with E-state index in [9.17, 15) is 4.79 Å². The molecule has 2 aliphatic carbocycles. The molecule has 2 heterocycles. The Kier molecular flexibility index (Phi) is 5.82. The number of carbonyl (C=O) groups is 1. The van der Waals surface area contributed by atoms with Crippen LogP contribution >= 0.6 is 0 Å². The monoisotopic (exact) mass is 441 g/mol. The summed E-state index contributed by atoms with van der Waals surface area (Å²) in [6, 6.07) is 6.35. The summed E-state index contributed by atoms with van der Waals surface area (Å²) in [5.74, 6) is 2.38. The molecule has 2 fully saturated rings. The van der Waals surface area contributed by atoms with Gasteiger partial charge in [-0.3, -0.25) is 0 Å². The molecule has 0 unspecified atom stereocenters. The zero-order valence-corrected chi connectivity index (χ0v) is 19.4. The van der Waals surface area contributed by atoms with E-state index in [0.717, 1.165) is 29.9 Å². The molecule has 1 aromatic carbocycles. The molecule has 0 aromatic heterocycles. The van der Waals surface area contributed by atoms with Crippen LogP contribution in [0.1, 0.15) is 64.5 Å². The summed E-state index contributed by atoms with van der Waals surface area (Å²) in [6.07, 6.45) is 7.76. The zero-order valence-electron chi connectivity index (χ0n) is 19.4. The molecule has 0 spiro atoms. The van der Waals surface area contributed by atoms with Crippen molar-refractivity contribution in [2.24, 2.45) is 23.2 Å². The number of alkyl carbamates (subject to hydrolysis) is 1. The number of amides is 1. The highest BCUT2D eigenvalue weighted by Gasteiger charge is 2.54. The summed E-state index contributed by atoms with van der Waals surface area (Å²) in [5, 5.41) is 3.08. The summed E-state index contributed by atoms with van der Waals surface area (Å²) >= 11 is 0. The molecule has 6 nitrogen and oxygen atoms in total. The number of hydrogen-bond acceptors (Lipinski definition) is 5. The van der Waals surface area contributed by atoms with Gasteiger partial charge >= 0.3 is 6.09 Å². The quantitative estimate of drug-likeness (QED) is 0.636. The van der Waals surface area contributed by atoms with Gasteiger partial charge in [0.2, 0.25) is 6.79 Å². The first kappa shape index (κ1) is 21.6.